The minimum absolute atomic E-state index is 0.0823. The molecular formula is C20H22O10. The van der Waals surface area contributed by atoms with Crippen LogP contribution in [0.15, 0.2) is 24.3 Å². The standard InChI is InChI=1S/C20H22O10/c21-13-7-11(8-14(22)19(13)27)29-17(25)5-3-1-2-4-6-18(26)30-12-9-15(23)20(28)16(24)10-12/h7-10,21-24,27-28H,1-6H2. The lowest BCUT2D eigenvalue weighted by Gasteiger charge is -2.08. The molecule has 30 heavy (non-hydrogen) atoms. The highest BCUT2D eigenvalue weighted by molar-refractivity contribution is 5.73. The molecule has 0 saturated carbocycles. The van der Waals surface area contributed by atoms with Crippen LogP contribution in [0.3, 0.4) is 0 Å². The van der Waals surface area contributed by atoms with Crippen LogP contribution in [0.2, 0.25) is 0 Å². The Hall–Kier alpha value is -3.82. The number of rotatable bonds is 9. The van der Waals surface area contributed by atoms with Gasteiger partial charge in [0.2, 0.25) is 11.5 Å². The maximum absolute atomic E-state index is 11.8. The molecule has 0 aliphatic rings. The molecule has 162 valence electrons. The fraction of sp³-hybridized carbons (Fsp3) is 0.300. The Balaban J connectivity index is 1.63. The lowest BCUT2D eigenvalue weighted by atomic mass is 10.1. The third-order valence-electron chi connectivity index (χ3n) is 4.06. The van der Waals surface area contributed by atoms with Gasteiger partial charge in [0, 0.05) is 37.1 Å². The lowest BCUT2D eigenvalue weighted by molar-refractivity contribution is -0.135. The summed E-state index contributed by atoms with van der Waals surface area (Å²) in [7, 11) is 0. The predicted octanol–water partition coefficient (Wildman–Crippen LogP) is 2.77. The van der Waals surface area contributed by atoms with Crippen LogP contribution in [0.1, 0.15) is 38.5 Å². The molecule has 0 amide bonds. The van der Waals surface area contributed by atoms with E-state index in [1.807, 2.05) is 0 Å². The molecular weight excluding hydrogens is 400 g/mol. The van der Waals surface area contributed by atoms with Crippen molar-refractivity contribution in [1.82, 2.24) is 0 Å². The van der Waals surface area contributed by atoms with E-state index in [-0.39, 0.29) is 24.3 Å². The van der Waals surface area contributed by atoms with E-state index in [9.17, 15) is 40.2 Å². The van der Waals surface area contributed by atoms with E-state index in [0.29, 0.717) is 25.7 Å². The second-order valence-corrected chi connectivity index (χ2v) is 6.48. The van der Waals surface area contributed by atoms with Gasteiger partial charge in [0.05, 0.1) is 0 Å². The smallest absolute Gasteiger partial charge is 0.311 e. The zero-order valence-corrected chi connectivity index (χ0v) is 15.9. The third kappa shape index (κ3) is 6.36. The number of esters is 2. The Labute approximate surface area is 171 Å². The van der Waals surface area contributed by atoms with Gasteiger partial charge in [-0.3, -0.25) is 9.59 Å². The number of carbonyl (C=O) groups excluding carboxylic acids is 2. The summed E-state index contributed by atoms with van der Waals surface area (Å²) in [6.07, 6.45) is 2.41. The van der Waals surface area contributed by atoms with Crippen molar-refractivity contribution in [3.05, 3.63) is 24.3 Å². The maximum Gasteiger partial charge on any atom is 0.311 e. The topological polar surface area (TPSA) is 174 Å². The van der Waals surface area contributed by atoms with Crippen LogP contribution in [0.4, 0.5) is 0 Å². The van der Waals surface area contributed by atoms with E-state index >= 15 is 0 Å². The zero-order chi connectivity index (χ0) is 22.3. The summed E-state index contributed by atoms with van der Waals surface area (Å²) in [6, 6.07) is 4.02. The number of carbonyl (C=O) groups is 2. The summed E-state index contributed by atoms with van der Waals surface area (Å²) in [5.74, 6) is -5.19. The van der Waals surface area contributed by atoms with Crippen molar-refractivity contribution in [2.75, 3.05) is 0 Å². The maximum atomic E-state index is 11.8. The summed E-state index contributed by atoms with van der Waals surface area (Å²) in [6.45, 7) is 0. The summed E-state index contributed by atoms with van der Waals surface area (Å²) < 4.78 is 9.93. The molecule has 10 nitrogen and oxygen atoms in total. The lowest BCUT2D eigenvalue weighted by Crippen LogP contribution is -2.08. The zero-order valence-electron chi connectivity index (χ0n) is 15.9. The highest BCUT2D eigenvalue weighted by Gasteiger charge is 2.13. The number of benzene rings is 2. The monoisotopic (exact) mass is 422 g/mol. The molecule has 0 unspecified atom stereocenters. The Bertz CT molecular complexity index is 800. The molecule has 0 fully saturated rings. The fourth-order valence-electron chi connectivity index (χ4n) is 2.53. The predicted molar refractivity (Wildman–Crippen MR) is 102 cm³/mol. The first-order valence-electron chi connectivity index (χ1n) is 9.08. The van der Waals surface area contributed by atoms with Crippen LogP contribution >= 0.6 is 0 Å². The van der Waals surface area contributed by atoms with Crippen LogP contribution in [0.5, 0.6) is 46.0 Å². The van der Waals surface area contributed by atoms with Crippen LogP contribution in [0.25, 0.3) is 0 Å². The van der Waals surface area contributed by atoms with Gasteiger partial charge >= 0.3 is 11.9 Å². The van der Waals surface area contributed by atoms with Crippen LogP contribution in [-0.2, 0) is 9.59 Å². The minimum Gasteiger partial charge on any atom is -0.504 e. The Kier molecular flexibility index (Phi) is 7.56. The number of phenols is 6. The van der Waals surface area contributed by atoms with Crippen molar-refractivity contribution in [3.8, 4) is 46.0 Å². The minimum atomic E-state index is -0.702. The molecule has 0 aromatic heterocycles. The molecule has 0 radical (unpaired) electrons. The highest BCUT2D eigenvalue weighted by atomic mass is 16.5. The molecule has 10 heteroatoms. The molecule has 0 aliphatic heterocycles. The summed E-state index contributed by atoms with van der Waals surface area (Å²) >= 11 is 0. The van der Waals surface area contributed by atoms with Gasteiger partial charge in [0.1, 0.15) is 11.5 Å². The molecule has 2 aromatic carbocycles. The van der Waals surface area contributed by atoms with Crippen molar-refractivity contribution >= 4 is 11.9 Å². The van der Waals surface area contributed by atoms with Crippen LogP contribution in [0, 0.1) is 0 Å². The van der Waals surface area contributed by atoms with E-state index in [2.05, 4.69) is 0 Å². The van der Waals surface area contributed by atoms with E-state index in [4.69, 9.17) is 9.47 Å². The third-order valence-corrected chi connectivity index (χ3v) is 4.06. The summed E-state index contributed by atoms with van der Waals surface area (Å²) in [5, 5.41) is 56.0. The normalized spacial score (nSPS) is 10.5. The van der Waals surface area contributed by atoms with Gasteiger partial charge in [-0.2, -0.15) is 0 Å². The summed E-state index contributed by atoms with van der Waals surface area (Å²) in [4.78, 5) is 23.5. The second-order valence-electron chi connectivity index (χ2n) is 6.48. The second kappa shape index (κ2) is 10.1. The molecule has 2 rings (SSSR count). The van der Waals surface area contributed by atoms with Crippen molar-refractivity contribution in [2.24, 2.45) is 0 Å². The van der Waals surface area contributed by atoms with Crippen molar-refractivity contribution in [2.45, 2.75) is 38.5 Å². The first-order valence-corrected chi connectivity index (χ1v) is 9.08. The fourth-order valence-corrected chi connectivity index (χ4v) is 2.53. The van der Waals surface area contributed by atoms with Gasteiger partial charge in [0.25, 0.3) is 0 Å². The van der Waals surface area contributed by atoms with E-state index < -0.39 is 46.4 Å². The molecule has 0 heterocycles. The van der Waals surface area contributed by atoms with Crippen molar-refractivity contribution in [3.63, 3.8) is 0 Å². The van der Waals surface area contributed by atoms with Gasteiger partial charge < -0.3 is 40.1 Å². The molecule has 6 N–H and O–H groups in total. The number of unbranched alkanes of at least 4 members (excludes halogenated alkanes) is 3. The van der Waals surface area contributed by atoms with Gasteiger partial charge in [-0.1, -0.05) is 12.8 Å². The number of phenolic OH excluding ortho intramolecular Hbond substituents is 6. The number of ether oxygens (including phenoxy) is 2. The SMILES string of the molecule is O=C(CCCCCCC(=O)Oc1cc(O)c(O)c(O)c1)Oc1cc(O)c(O)c(O)c1. The van der Waals surface area contributed by atoms with Crippen LogP contribution < -0.4 is 9.47 Å². The van der Waals surface area contributed by atoms with Gasteiger partial charge in [0.15, 0.2) is 23.0 Å². The van der Waals surface area contributed by atoms with Gasteiger partial charge in [-0.15, -0.1) is 0 Å². The molecule has 0 atom stereocenters. The molecule has 0 aliphatic carbocycles. The number of hydrogen-bond acceptors (Lipinski definition) is 10. The number of aromatic hydroxyl groups is 6. The largest absolute Gasteiger partial charge is 0.504 e. The van der Waals surface area contributed by atoms with E-state index in [0.717, 1.165) is 24.3 Å². The average molecular weight is 422 g/mol. The Morgan fingerprint density at radius 1 is 0.567 bits per heavy atom. The quantitative estimate of drug-likeness (QED) is 0.153. The van der Waals surface area contributed by atoms with Gasteiger partial charge in [-0.05, 0) is 12.8 Å². The summed E-state index contributed by atoms with van der Waals surface area (Å²) in [5.41, 5.74) is 0. The first-order chi connectivity index (χ1) is 14.2. The van der Waals surface area contributed by atoms with Gasteiger partial charge in [-0.25, -0.2) is 0 Å². The Morgan fingerprint density at radius 2 is 0.867 bits per heavy atom. The number of hydrogen-bond donors (Lipinski definition) is 6. The molecule has 0 bridgehead atoms. The molecule has 0 saturated heterocycles. The molecule has 0 spiro atoms. The Morgan fingerprint density at radius 3 is 1.17 bits per heavy atom. The first kappa shape index (κ1) is 22.5. The van der Waals surface area contributed by atoms with Crippen molar-refractivity contribution < 1.29 is 49.7 Å². The average Bonchev–Trinajstić information content (AvgIpc) is 2.66. The van der Waals surface area contributed by atoms with E-state index in [1.54, 1.807) is 0 Å². The highest BCUT2D eigenvalue weighted by Crippen LogP contribution is 2.39. The van der Waals surface area contributed by atoms with Crippen molar-refractivity contribution in [1.29, 1.82) is 0 Å². The van der Waals surface area contributed by atoms with Crippen LogP contribution in [-0.4, -0.2) is 42.6 Å². The molecule has 2 aromatic rings. The van der Waals surface area contributed by atoms with E-state index in [1.165, 1.54) is 0 Å².